The summed E-state index contributed by atoms with van der Waals surface area (Å²) < 4.78 is 4.95. The van der Waals surface area contributed by atoms with Gasteiger partial charge >= 0.3 is 0 Å². The van der Waals surface area contributed by atoms with Crippen molar-refractivity contribution in [3.05, 3.63) is 0 Å². The molecule has 2 unspecified atom stereocenters. The smallest absolute Gasteiger partial charge is 0.0629 e. The van der Waals surface area contributed by atoms with Gasteiger partial charge in [0.25, 0.3) is 0 Å². The predicted molar refractivity (Wildman–Crippen MR) is 53.6 cm³/mol. The number of likely N-dealkylation sites (N-methyl/N-ethyl adjacent to an activating group) is 1. The van der Waals surface area contributed by atoms with Crippen LogP contribution in [-0.4, -0.2) is 56.0 Å². The van der Waals surface area contributed by atoms with E-state index >= 15 is 0 Å². The fourth-order valence-corrected chi connectivity index (χ4v) is 1.42. The van der Waals surface area contributed by atoms with Gasteiger partial charge in [0.1, 0.15) is 0 Å². The summed E-state index contributed by atoms with van der Waals surface area (Å²) >= 11 is 0. The van der Waals surface area contributed by atoms with Crippen molar-refractivity contribution in [2.45, 2.75) is 25.4 Å². The molecule has 0 fully saturated rings. The topological polar surface area (TPSA) is 58.7 Å². The van der Waals surface area contributed by atoms with Crippen LogP contribution in [0.3, 0.4) is 0 Å². The summed E-state index contributed by atoms with van der Waals surface area (Å²) in [7, 11) is 3.59. The second-order valence-corrected chi connectivity index (χ2v) is 3.35. The van der Waals surface area contributed by atoms with Crippen LogP contribution in [0.2, 0.25) is 0 Å². The zero-order valence-electron chi connectivity index (χ0n) is 8.86. The van der Waals surface area contributed by atoms with Crippen LogP contribution in [0.4, 0.5) is 0 Å². The maximum absolute atomic E-state index is 9.14. The van der Waals surface area contributed by atoms with Crippen molar-refractivity contribution in [3.63, 3.8) is 0 Å². The van der Waals surface area contributed by atoms with Gasteiger partial charge in [-0.2, -0.15) is 0 Å². The lowest BCUT2D eigenvalue weighted by Gasteiger charge is -2.30. The molecule has 80 valence electrons. The third-order valence-electron chi connectivity index (χ3n) is 2.18. The van der Waals surface area contributed by atoms with E-state index in [1.807, 2.05) is 7.05 Å². The number of rotatable bonds is 7. The fraction of sp³-hybridized carbons (Fsp3) is 1.00. The van der Waals surface area contributed by atoms with Gasteiger partial charge in [0, 0.05) is 19.2 Å². The first kappa shape index (κ1) is 12.8. The molecule has 0 bridgehead atoms. The van der Waals surface area contributed by atoms with Crippen molar-refractivity contribution in [2.24, 2.45) is 5.73 Å². The number of nitrogens with zero attached hydrogens (tertiary/aromatic N) is 1. The molecule has 0 saturated carbocycles. The molecule has 3 N–H and O–H groups in total. The number of hydrogen-bond acceptors (Lipinski definition) is 4. The highest BCUT2D eigenvalue weighted by molar-refractivity contribution is 4.79. The van der Waals surface area contributed by atoms with Crippen LogP contribution in [0.5, 0.6) is 0 Å². The average Bonchev–Trinajstić information content (AvgIpc) is 2.06. The highest BCUT2D eigenvalue weighted by Crippen LogP contribution is 2.01. The van der Waals surface area contributed by atoms with Crippen molar-refractivity contribution in [3.8, 4) is 0 Å². The van der Waals surface area contributed by atoms with Crippen LogP contribution < -0.4 is 5.73 Å². The van der Waals surface area contributed by atoms with Gasteiger partial charge in [0.2, 0.25) is 0 Å². The van der Waals surface area contributed by atoms with E-state index in [1.54, 1.807) is 7.11 Å². The van der Waals surface area contributed by atoms with Gasteiger partial charge in [-0.1, -0.05) is 6.92 Å². The van der Waals surface area contributed by atoms with Crippen LogP contribution in [0.15, 0.2) is 0 Å². The number of ether oxygens (including phenoxy) is 1. The van der Waals surface area contributed by atoms with Gasteiger partial charge in [0.15, 0.2) is 0 Å². The van der Waals surface area contributed by atoms with Crippen LogP contribution in [0, 0.1) is 0 Å². The molecular weight excluding hydrogens is 168 g/mol. The van der Waals surface area contributed by atoms with E-state index < -0.39 is 0 Å². The molecule has 4 heteroatoms. The van der Waals surface area contributed by atoms with Gasteiger partial charge in [-0.15, -0.1) is 0 Å². The average molecular weight is 190 g/mol. The number of hydrogen-bond donors (Lipinski definition) is 2. The quantitative estimate of drug-likeness (QED) is 0.577. The zero-order valence-corrected chi connectivity index (χ0v) is 8.86. The van der Waals surface area contributed by atoms with E-state index in [4.69, 9.17) is 15.6 Å². The summed E-state index contributed by atoms with van der Waals surface area (Å²) in [5.74, 6) is 0. The summed E-state index contributed by atoms with van der Waals surface area (Å²) in [6.07, 6.45) is 1.06. The maximum atomic E-state index is 9.14. The summed E-state index contributed by atoms with van der Waals surface area (Å²) in [5, 5.41) is 9.14. The van der Waals surface area contributed by atoms with Crippen molar-refractivity contribution >= 4 is 0 Å². The van der Waals surface area contributed by atoms with E-state index in [1.165, 1.54) is 0 Å². The molecule has 0 rings (SSSR count). The van der Waals surface area contributed by atoms with E-state index in [2.05, 4.69) is 11.8 Å². The van der Waals surface area contributed by atoms with Gasteiger partial charge in [0.05, 0.1) is 13.2 Å². The minimum absolute atomic E-state index is 0.0000926. The van der Waals surface area contributed by atoms with Crippen molar-refractivity contribution in [2.75, 3.05) is 33.9 Å². The molecule has 0 saturated heterocycles. The van der Waals surface area contributed by atoms with Crippen LogP contribution >= 0.6 is 0 Å². The Balaban J connectivity index is 3.98. The number of aliphatic hydroxyl groups is 1. The van der Waals surface area contributed by atoms with E-state index in [0.717, 1.165) is 13.0 Å². The molecule has 13 heavy (non-hydrogen) atoms. The fourth-order valence-electron chi connectivity index (χ4n) is 1.42. The Morgan fingerprint density at radius 1 is 1.54 bits per heavy atom. The first-order valence-electron chi connectivity index (χ1n) is 4.73. The van der Waals surface area contributed by atoms with Crippen molar-refractivity contribution < 1.29 is 9.84 Å². The molecule has 0 aromatic carbocycles. The summed E-state index contributed by atoms with van der Waals surface area (Å²) in [6.45, 7) is 3.62. The highest BCUT2D eigenvalue weighted by atomic mass is 16.5. The molecule has 0 aliphatic heterocycles. The van der Waals surface area contributed by atoms with Crippen molar-refractivity contribution in [1.29, 1.82) is 0 Å². The Kier molecular flexibility index (Phi) is 7.17. The summed E-state index contributed by atoms with van der Waals surface area (Å²) in [5.41, 5.74) is 5.84. The van der Waals surface area contributed by atoms with Gasteiger partial charge < -0.3 is 15.6 Å². The van der Waals surface area contributed by atoms with E-state index in [0.29, 0.717) is 6.61 Å². The van der Waals surface area contributed by atoms with E-state index in [9.17, 15) is 0 Å². The largest absolute Gasteiger partial charge is 0.395 e. The normalized spacial score (nSPS) is 16.2. The molecule has 2 atom stereocenters. The van der Waals surface area contributed by atoms with Crippen molar-refractivity contribution in [1.82, 2.24) is 4.90 Å². The Hall–Kier alpha value is -0.160. The Morgan fingerprint density at radius 2 is 2.15 bits per heavy atom. The van der Waals surface area contributed by atoms with Crippen LogP contribution in [0.1, 0.15) is 13.3 Å². The Morgan fingerprint density at radius 3 is 2.54 bits per heavy atom. The lowest BCUT2D eigenvalue weighted by molar-refractivity contribution is 0.0855. The molecule has 0 aromatic heterocycles. The molecule has 0 heterocycles. The first-order valence-corrected chi connectivity index (χ1v) is 4.73. The first-order chi connectivity index (χ1) is 6.17. The monoisotopic (exact) mass is 190 g/mol. The maximum Gasteiger partial charge on any atom is 0.0629 e. The second kappa shape index (κ2) is 7.26. The Labute approximate surface area is 80.7 Å². The zero-order chi connectivity index (χ0) is 10.3. The predicted octanol–water partition coefficient (Wildman–Crippen LogP) is -0.337. The lowest BCUT2D eigenvalue weighted by atomic mass is 10.1. The van der Waals surface area contributed by atoms with Gasteiger partial charge in [-0.3, -0.25) is 4.90 Å². The van der Waals surface area contributed by atoms with Gasteiger partial charge in [-0.25, -0.2) is 0 Å². The molecule has 0 amide bonds. The second-order valence-electron chi connectivity index (χ2n) is 3.35. The van der Waals surface area contributed by atoms with Crippen LogP contribution in [0.25, 0.3) is 0 Å². The number of methoxy groups -OCH3 is 1. The minimum Gasteiger partial charge on any atom is -0.395 e. The highest BCUT2D eigenvalue weighted by Gasteiger charge is 2.20. The SMILES string of the molecule is CCCN(C)C(CO)C(N)COC. The molecule has 0 aliphatic rings. The van der Waals surface area contributed by atoms with Crippen LogP contribution in [-0.2, 0) is 4.74 Å². The molecule has 4 nitrogen and oxygen atoms in total. The molecule has 0 radical (unpaired) electrons. The number of aliphatic hydroxyl groups excluding tert-OH is 1. The third kappa shape index (κ3) is 4.57. The third-order valence-corrected chi connectivity index (χ3v) is 2.18. The molecule has 0 spiro atoms. The minimum atomic E-state index is -0.119. The molecule has 0 aromatic rings. The number of nitrogens with two attached hydrogens (primary N) is 1. The summed E-state index contributed by atoms with van der Waals surface area (Å²) in [4.78, 5) is 2.07. The summed E-state index contributed by atoms with van der Waals surface area (Å²) in [6, 6.07) is -0.119. The molecule has 0 aliphatic carbocycles. The van der Waals surface area contributed by atoms with Gasteiger partial charge in [-0.05, 0) is 20.0 Å². The standard InChI is InChI=1S/C9H22N2O2/c1-4-5-11(2)9(6-12)8(10)7-13-3/h8-9,12H,4-7,10H2,1-3H3. The Bertz CT molecular complexity index is 110. The lowest BCUT2D eigenvalue weighted by Crippen LogP contribution is -2.50. The molecular formula is C9H22N2O2. The van der Waals surface area contributed by atoms with E-state index in [-0.39, 0.29) is 18.7 Å².